The molecule has 10 heteroatoms. The number of aliphatic hydroxyl groups is 1. The molecule has 142 valence electrons. The van der Waals surface area contributed by atoms with E-state index < -0.39 is 0 Å². The van der Waals surface area contributed by atoms with E-state index in [-0.39, 0.29) is 6.61 Å². The summed E-state index contributed by atoms with van der Waals surface area (Å²) in [5.74, 6) is 1.08. The SMILES string of the molecule is Cn1c(CO)nnc1Sc1nc(-c2cnccn2)nc2sc3c(c12)CCCC3. The summed E-state index contributed by atoms with van der Waals surface area (Å²) in [6, 6.07) is 0. The number of aliphatic hydroxyl groups excluding tert-OH is 1. The fraction of sp³-hybridized carbons (Fsp3) is 0.333. The molecule has 4 aromatic heterocycles. The molecule has 0 atom stereocenters. The Balaban J connectivity index is 1.70. The van der Waals surface area contributed by atoms with E-state index >= 15 is 0 Å². The Morgan fingerprint density at radius 1 is 1.18 bits per heavy atom. The van der Waals surface area contributed by atoms with Gasteiger partial charge in [0, 0.05) is 29.7 Å². The van der Waals surface area contributed by atoms with Crippen LogP contribution in [-0.2, 0) is 26.5 Å². The number of fused-ring (bicyclic) bond motifs is 3. The van der Waals surface area contributed by atoms with Gasteiger partial charge >= 0.3 is 0 Å². The van der Waals surface area contributed by atoms with Gasteiger partial charge in [-0.3, -0.25) is 4.98 Å². The van der Waals surface area contributed by atoms with Crippen molar-refractivity contribution in [1.29, 1.82) is 0 Å². The van der Waals surface area contributed by atoms with Gasteiger partial charge in [-0.1, -0.05) is 0 Å². The van der Waals surface area contributed by atoms with Crippen molar-refractivity contribution in [3.05, 3.63) is 34.9 Å². The van der Waals surface area contributed by atoms with Gasteiger partial charge in [-0.15, -0.1) is 21.5 Å². The van der Waals surface area contributed by atoms with Gasteiger partial charge in [-0.05, 0) is 43.0 Å². The molecule has 0 aromatic carbocycles. The average molecular weight is 412 g/mol. The first kappa shape index (κ1) is 17.7. The molecule has 0 aliphatic heterocycles. The van der Waals surface area contributed by atoms with Crippen molar-refractivity contribution in [2.24, 2.45) is 7.05 Å². The van der Waals surface area contributed by atoms with Crippen LogP contribution in [0.2, 0.25) is 0 Å². The Morgan fingerprint density at radius 2 is 2.07 bits per heavy atom. The number of thiophene rings is 1. The molecule has 28 heavy (non-hydrogen) atoms. The highest BCUT2D eigenvalue weighted by Crippen LogP contribution is 2.41. The zero-order valence-corrected chi connectivity index (χ0v) is 16.8. The molecule has 0 spiro atoms. The molecule has 1 aliphatic rings. The van der Waals surface area contributed by atoms with E-state index in [1.54, 1.807) is 34.5 Å². The molecular formula is C18H17N7OS2. The number of nitrogens with zero attached hydrogens (tertiary/aromatic N) is 7. The Kier molecular flexibility index (Phi) is 4.53. The van der Waals surface area contributed by atoms with Gasteiger partial charge in [-0.25, -0.2) is 15.0 Å². The third kappa shape index (κ3) is 2.97. The number of hydrogen-bond donors (Lipinski definition) is 1. The van der Waals surface area contributed by atoms with Crippen molar-refractivity contribution in [2.75, 3.05) is 0 Å². The number of rotatable bonds is 4. The number of aryl methyl sites for hydroxylation is 2. The van der Waals surface area contributed by atoms with Crippen molar-refractivity contribution < 1.29 is 5.11 Å². The maximum Gasteiger partial charge on any atom is 0.197 e. The van der Waals surface area contributed by atoms with Crippen LogP contribution in [0.4, 0.5) is 0 Å². The van der Waals surface area contributed by atoms with Gasteiger partial charge in [0.05, 0.1) is 6.20 Å². The maximum atomic E-state index is 9.42. The largest absolute Gasteiger partial charge is 0.388 e. The topological polar surface area (TPSA) is 102 Å². The lowest BCUT2D eigenvalue weighted by Crippen LogP contribution is -2.01. The lowest BCUT2D eigenvalue weighted by Gasteiger charge is -2.12. The average Bonchev–Trinajstić information content (AvgIpc) is 3.28. The molecule has 0 saturated heterocycles. The van der Waals surface area contributed by atoms with Crippen LogP contribution in [-0.4, -0.2) is 39.8 Å². The van der Waals surface area contributed by atoms with E-state index in [9.17, 15) is 5.11 Å². The van der Waals surface area contributed by atoms with Crippen molar-refractivity contribution in [3.8, 4) is 11.5 Å². The summed E-state index contributed by atoms with van der Waals surface area (Å²) in [5.41, 5.74) is 2.01. The van der Waals surface area contributed by atoms with E-state index in [2.05, 4.69) is 20.2 Å². The number of aromatic nitrogens is 7. The number of hydrogen-bond acceptors (Lipinski definition) is 9. The molecule has 4 heterocycles. The van der Waals surface area contributed by atoms with Gasteiger partial charge < -0.3 is 9.67 Å². The second kappa shape index (κ2) is 7.19. The molecule has 0 saturated carbocycles. The molecule has 5 rings (SSSR count). The zero-order valence-electron chi connectivity index (χ0n) is 15.2. The maximum absolute atomic E-state index is 9.42. The van der Waals surface area contributed by atoms with Crippen molar-refractivity contribution in [1.82, 2.24) is 34.7 Å². The first-order valence-corrected chi connectivity index (χ1v) is 10.6. The summed E-state index contributed by atoms with van der Waals surface area (Å²) in [7, 11) is 1.85. The monoisotopic (exact) mass is 411 g/mol. The third-order valence-electron chi connectivity index (χ3n) is 4.83. The molecular weight excluding hydrogens is 394 g/mol. The Morgan fingerprint density at radius 3 is 2.86 bits per heavy atom. The van der Waals surface area contributed by atoms with Crippen LogP contribution in [0.15, 0.2) is 28.8 Å². The Labute approximate surface area is 169 Å². The van der Waals surface area contributed by atoms with E-state index in [1.807, 2.05) is 7.05 Å². The predicted octanol–water partition coefficient (Wildman–Crippen LogP) is 2.80. The lowest BCUT2D eigenvalue weighted by molar-refractivity contribution is 0.266. The quantitative estimate of drug-likeness (QED) is 0.512. The third-order valence-corrected chi connectivity index (χ3v) is 7.04. The zero-order chi connectivity index (χ0) is 19.1. The smallest absolute Gasteiger partial charge is 0.197 e. The molecule has 1 aliphatic carbocycles. The van der Waals surface area contributed by atoms with Gasteiger partial charge in [0.25, 0.3) is 0 Å². The summed E-state index contributed by atoms with van der Waals surface area (Å²) in [6.45, 7) is -0.151. The highest BCUT2D eigenvalue weighted by molar-refractivity contribution is 7.99. The minimum atomic E-state index is -0.151. The molecule has 0 bridgehead atoms. The Bertz CT molecular complexity index is 1160. The van der Waals surface area contributed by atoms with Crippen LogP contribution in [0.5, 0.6) is 0 Å². The second-order valence-corrected chi connectivity index (χ2v) is 8.59. The Hall–Kier alpha value is -2.43. The minimum Gasteiger partial charge on any atom is -0.388 e. The van der Waals surface area contributed by atoms with E-state index in [4.69, 9.17) is 9.97 Å². The summed E-state index contributed by atoms with van der Waals surface area (Å²) in [6.07, 6.45) is 9.51. The summed E-state index contributed by atoms with van der Waals surface area (Å²) in [4.78, 5) is 20.5. The summed E-state index contributed by atoms with van der Waals surface area (Å²) in [5, 5.41) is 20.3. The van der Waals surface area contributed by atoms with Gasteiger partial charge in [0.15, 0.2) is 16.8 Å². The van der Waals surface area contributed by atoms with Crippen LogP contribution in [0, 0.1) is 0 Å². The minimum absolute atomic E-state index is 0.151. The lowest BCUT2D eigenvalue weighted by atomic mass is 9.97. The molecule has 1 N–H and O–H groups in total. The fourth-order valence-corrected chi connectivity index (χ4v) is 5.66. The fourth-order valence-electron chi connectivity index (χ4n) is 3.39. The van der Waals surface area contributed by atoms with Gasteiger partial charge in [0.1, 0.15) is 22.2 Å². The van der Waals surface area contributed by atoms with Crippen molar-refractivity contribution >= 4 is 33.3 Å². The van der Waals surface area contributed by atoms with Crippen LogP contribution in [0.1, 0.15) is 29.1 Å². The van der Waals surface area contributed by atoms with E-state index in [0.29, 0.717) is 22.5 Å². The highest BCUT2D eigenvalue weighted by Gasteiger charge is 2.23. The van der Waals surface area contributed by atoms with Crippen molar-refractivity contribution in [3.63, 3.8) is 0 Å². The molecule has 8 nitrogen and oxygen atoms in total. The normalized spacial score (nSPS) is 13.8. The van der Waals surface area contributed by atoms with Crippen molar-refractivity contribution in [2.45, 2.75) is 42.5 Å². The predicted molar refractivity (Wildman–Crippen MR) is 106 cm³/mol. The molecule has 0 fully saturated rings. The van der Waals surface area contributed by atoms with Gasteiger partial charge in [-0.2, -0.15) is 0 Å². The van der Waals surface area contributed by atoms with Crippen LogP contribution in [0.25, 0.3) is 21.7 Å². The first-order valence-electron chi connectivity index (χ1n) is 9.00. The van der Waals surface area contributed by atoms with Gasteiger partial charge in [0.2, 0.25) is 0 Å². The standard InChI is InChI=1S/C18H17N7OS2/c1-25-13(9-26)23-24-18(25)28-17-14-10-4-2-3-5-12(10)27-16(14)21-15(22-17)11-8-19-6-7-20-11/h6-8,26H,2-5,9H2,1H3. The summed E-state index contributed by atoms with van der Waals surface area (Å²) < 4.78 is 1.79. The highest BCUT2D eigenvalue weighted by atomic mass is 32.2. The van der Waals surface area contributed by atoms with E-state index in [0.717, 1.165) is 28.1 Å². The van der Waals surface area contributed by atoms with Crippen LogP contribution in [0.3, 0.4) is 0 Å². The second-order valence-electron chi connectivity index (χ2n) is 6.55. The molecule has 0 amide bonds. The molecule has 0 unspecified atom stereocenters. The van der Waals surface area contributed by atoms with Crippen LogP contribution >= 0.6 is 23.1 Å². The van der Waals surface area contributed by atoms with Crippen LogP contribution < -0.4 is 0 Å². The van der Waals surface area contributed by atoms with E-state index in [1.165, 1.54) is 35.0 Å². The molecule has 0 radical (unpaired) electrons. The summed E-state index contributed by atoms with van der Waals surface area (Å²) >= 11 is 3.20. The first-order chi connectivity index (χ1) is 13.7. The molecule has 4 aromatic rings.